The number of nitrogens with zero attached hydrogens (tertiary/aromatic N) is 1. The number of halogens is 1. The number of hydrogen-bond donors (Lipinski definition) is 3. The van der Waals surface area contributed by atoms with Crippen LogP contribution < -0.4 is 11.1 Å². The number of anilines is 1. The molecule has 1 saturated carbocycles. The van der Waals surface area contributed by atoms with Crippen molar-refractivity contribution in [2.45, 2.75) is 25.3 Å². The molecule has 19 heavy (non-hydrogen) atoms. The summed E-state index contributed by atoms with van der Waals surface area (Å²) in [5.74, 6) is 0.229. The van der Waals surface area contributed by atoms with E-state index in [9.17, 15) is 4.79 Å². The van der Waals surface area contributed by atoms with Gasteiger partial charge in [-0.15, -0.1) is 11.3 Å². The normalized spacial score (nSPS) is 14.6. The predicted molar refractivity (Wildman–Crippen MR) is 78.2 cm³/mol. The van der Waals surface area contributed by atoms with Crippen molar-refractivity contribution in [1.82, 2.24) is 15.5 Å². The summed E-state index contributed by atoms with van der Waals surface area (Å²) in [4.78, 5) is 13.1. The molecule has 0 spiro atoms. The largest absolute Gasteiger partial charge is 0.395 e. The number of carbonyl (C=O) groups is 1. The van der Waals surface area contributed by atoms with Crippen LogP contribution >= 0.6 is 27.3 Å². The smallest absolute Gasteiger partial charge is 0.274 e. The Morgan fingerprint density at radius 3 is 3.00 bits per heavy atom. The summed E-state index contributed by atoms with van der Waals surface area (Å²) in [7, 11) is 0. The Morgan fingerprint density at radius 1 is 1.58 bits per heavy atom. The Hall–Kier alpha value is -1.34. The number of carbonyl (C=O) groups excluding carboxylic acids is 1. The van der Waals surface area contributed by atoms with Gasteiger partial charge in [0, 0.05) is 10.8 Å². The number of nitrogens with two attached hydrogens (primary N) is 1. The molecule has 0 atom stereocenters. The number of amides is 1. The van der Waals surface area contributed by atoms with Crippen molar-refractivity contribution in [3.63, 3.8) is 0 Å². The number of H-pyrrole nitrogens is 1. The lowest BCUT2D eigenvalue weighted by atomic mass is 10.2. The molecule has 5 nitrogen and oxygen atoms in total. The van der Waals surface area contributed by atoms with E-state index in [1.165, 1.54) is 0 Å². The Balaban J connectivity index is 1.66. The Bertz CT molecular complexity index is 617. The highest BCUT2D eigenvalue weighted by Crippen LogP contribution is 2.42. The molecule has 2 aromatic heterocycles. The summed E-state index contributed by atoms with van der Waals surface area (Å²) >= 11 is 4.98. The van der Waals surface area contributed by atoms with Crippen LogP contribution in [0.4, 0.5) is 5.69 Å². The second-order valence-electron chi connectivity index (χ2n) is 4.56. The van der Waals surface area contributed by atoms with Gasteiger partial charge in [0.1, 0.15) is 0 Å². The lowest BCUT2D eigenvalue weighted by Gasteiger charge is -2.02. The van der Waals surface area contributed by atoms with Gasteiger partial charge in [-0.05, 0) is 40.9 Å². The van der Waals surface area contributed by atoms with E-state index >= 15 is 0 Å². The van der Waals surface area contributed by atoms with Gasteiger partial charge < -0.3 is 11.1 Å². The molecule has 0 aliphatic heterocycles. The van der Waals surface area contributed by atoms with Crippen LogP contribution in [0, 0.1) is 0 Å². The van der Waals surface area contributed by atoms with Crippen molar-refractivity contribution in [3.8, 4) is 0 Å². The van der Waals surface area contributed by atoms with Gasteiger partial charge in [0.25, 0.3) is 5.91 Å². The number of aromatic amines is 1. The Morgan fingerprint density at radius 2 is 2.37 bits per heavy atom. The summed E-state index contributed by atoms with van der Waals surface area (Å²) in [5, 5.41) is 9.74. The van der Waals surface area contributed by atoms with Crippen LogP contribution in [0.2, 0.25) is 0 Å². The van der Waals surface area contributed by atoms with E-state index in [-0.39, 0.29) is 5.91 Å². The van der Waals surface area contributed by atoms with E-state index in [1.807, 2.05) is 12.1 Å². The topological polar surface area (TPSA) is 83.8 Å². The zero-order chi connectivity index (χ0) is 13.4. The molecule has 0 radical (unpaired) electrons. The first kappa shape index (κ1) is 12.7. The summed E-state index contributed by atoms with van der Waals surface area (Å²) in [5.41, 5.74) is 7.66. The van der Waals surface area contributed by atoms with Gasteiger partial charge in [-0.3, -0.25) is 9.89 Å². The minimum Gasteiger partial charge on any atom is -0.395 e. The van der Waals surface area contributed by atoms with Crippen LogP contribution in [-0.2, 0) is 6.54 Å². The molecule has 3 rings (SSSR count). The van der Waals surface area contributed by atoms with E-state index in [2.05, 4.69) is 31.4 Å². The van der Waals surface area contributed by atoms with Crippen LogP contribution in [0.1, 0.15) is 39.8 Å². The number of rotatable bonds is 4. The van der Waals surface area contributed by atoms with Crippen molar-refractivity contribution in [2.24, 2.45) is 0 Å². The van der Waals surface area contributed by atoms with Gasteiger partial charge >= 0.3 is 0 Å². The maximum Gasteiger partial charge on any atom is 0.274 e. The molecule has 0 unspecified atom stereocenters. The van der Waals surface area contributed by atoms with E-state index in [1.54, 1.807) is 11.3 Å². The molecule has 2 heterocycles. The fourth-order valence-electron chi connectivity index (χ4n) is 1.92. The van der Waals surface area contributed by atoms with Crippen molar-refractivity contribution < 1.29 is 4.79 Å². The lowest BCUT2D eigenvalue weighted by molar-refractivity contribution is 0.0947. The molecule has 1 fully saturated rings. The first-order valence-electron chi connectivity index (χ1n) is 6.01. The third-order valence-electron chi connectivity index (χ3n) is 3.09. The number of nitrogens with one attached hydrogen (secondary N) is 2. The third kappa shape index (κ3) is 2.66. The van der Waals surface area contributed by atoms with Crippen LogP contribution in [0.5, 0.6) is 0 Å². The van der Waals surface area contributed by atoms with E-state index in [0.717, 1.165) is 27.2 Å². The molecular formula is C12H13BrN4OS. The van der Waals surface area contributed by atoms with Gasteiger partial charge in [-0.25, -0.2) is 0 Å². The maximum atomic E-state index is 12.0. The minimum absolute atomic E-state index is 0.231. The number of aromatic nitrogens is 2. The highest BCUT2D eigenvalue weighted by atomic mass is 79.9. The highest BCUT2D eigenvalue weighted by molar-refractivity contribution is 9.11. The van der Waals surface area contributed by atoms with Gasteiger partial charge in [-0.1, -0.05) is 0 Å². The van der Waals surface area contributed by atoms with Gasteiger partial charge in [-0.2, -0.15) is 5.10 Å². The van der Waals surface area contributed by atoms with Gasteiger partial charge in [0.05, 0.1) is 21.7 Å². The quantitative estimate of drug-likeness (QED) is 0.799. The Kier molecular flexibility index (Phi) is 3.32. The fraction of sp³-hybridized carbons (Fsp3) is 0.333. The summed E-state index contributed by atoms with van der Waals surface area (Å²) in [6, 6.07) is 3.93. The highest BCUT2D eigenvalue weighted by Gasteiger charge is 2.30. The van der Waals surface area contributed by atoms with Crippen LogP contribution in [0.3, 0.4) is 0 Å². The second-order valence-corrected chi connectivity index (χ2v) is 7.11. The van der Waals surface area contributed by atoms with E-state index < -0.39 is 0 Å². The molecule has 0 aromatic carbocycles. The van der Waals surface area contributed by atoms with Crippen LogP contribution in [0.25, 0.3) is 0 Å². The van der Waals surface area contributed by atoms with Crippen LogP contribution in [0.15, 0.2) is 15.9 Å². The zero-order valence-electron chi connectivity index (χ0n) is 10.1. The zero-order valence-corrected chi connectivity index (χ0v) is 12.5. The average Bonchev–Trinajstić information content (AvgIpc) is 3.03. The molecule has 1 aliphatic rings. The fourth-order valence-corrected chi connectivity index (χ4v) is 3.34. The first-order valence-corrected chi connectivity index (χ1v) is 7.62. The first-order chi connectivity index (χ1) is 9.15. The number of hydrogen-bond acceptors (Lipinski definition) is 4. The van der Waals surface area contributed by atoms with Gasteiger partial charge in [0.2, 0.25) is 0 Å². The molecule has 0 saturated heterocycles. The molecule has 2 aromatic rings. The average molecular weight is 341 g/mol. The molecular weight excluding hydrogens is 328 g/mol. The van der Waals surface area contributed by atoms with Crippen LogP contribution in [-0.4, -0.2) is 16.1 Å². The summed E-state index contributed by atoms with van der Waals surface area (Å²) < 4.78 is 1.05. The SMILES string of the molecule is Nc1c(C(=O)NCc2ccc(Br)s2)n[nH]c1C1CC1. The monoisotopic (exact) mass is 340 g/mol. The lowest BCUT2D eigenvalue weighted by Crippen LogP contribution is -2.23. The second kappa shape index (κ2) is 4.97. The molecule has 1 aliphatic carbocycles. The maximum absolute atomic E-state index is 12.0. The number of thiophene rings is 1. The molecule has 100 valence electrons. The van der Waals surface area contributed by atoms with Crippen molar-refractivity contribution in [2.75, 3.05) is 5.73 Å². The summed E-state index contributed by atoms with van der Waals surface area (Å²) in [6.07, 6.45) is 2.24. The van der Waals surface area contributed by atoms with E-state index in [4.69, 9.17) is 5.73 Å². The van der Waals surface area contributed by atoms with Gasteiger partial charge in [0.15, 0.2) is 5.69 Å². The van der Waals surface area contributed by atoms with Crippen molar-refractivity contribution >= 4 is 38.9 Å². The Labute approximate surface area is 122 Å². The predicted octanol–water partition coefficient (Wildman–Crippen LogP) is 2.62. The standard InChI is InChI=1S/C12H13BrN4OS/c13-8-4-3-7(19-8)5-15-12(18)11-9(14)10(16-17-11)6-1-2-6/h3-4,6H,1-2,5,14H2,(H,15,18)(H,16,17). The van der Waals surface area contributed by atoms with E-state index in [0.29, 0.717) is 23.8 Å². The minimum atomic E-state index is -0.231. The summed E-state index contributed by atoms with van der Waals surface area (Å²) in [6.45, 7) is 0.486. The van der Waals surface area contributed by atoms with Crippen molar-refractivity contribution in [3.05, 3.63) is 32.2 Å². The molecule has 7 heteroatoms. The molecule has 1 amide bonds. The third-order valence-corrected chi connectivity index (χ3v) is 4.71. The molecule has 0 bridgehead atoms. The molecule has 4 N–H and O–H groups in total. The van der Waals surface area contributed by atoms with Crippen molar-refractivity contribution in [1.29, 1.82) is 0 Å². The number of nitrogen functional groups attached to an aromatic ring is 1.